The van der Waals surface area contributed by atoms with Gasteiger partial charge in [0.05, 0.1) is 12.0 Å². The smallest absolute Gasteiger partial charge is 0.273 e. The Morgan fingerprint density at radius 2 is 2.33 bits per heavy atom. The Morgan fingerprint density at radius 1 is 1.58 bits per heavy atom. The van der Waals surface area contributed by atoms with Crippen molar-refractivity contribution in [2.75, 3.05) is 7.11 Å². The molecule has 4 nitrogen and oxygen atoms in total. The second kappa shape index (κ2) is 2.20. The van der Waals surface area contributed by atoms with Gasteiger partial charge in [-0.05, 0) is 6.08 Å². The number of nitrogens with zero attached hydrogens (tertiary/aromatic N) is 1. The number of hydrogen-bond donors (Lipinski definition) is 0. The molecule has 0 heterocycles. The molecule has 0 aromatic rings. The molecule has 0 fully saturated rings. The molecule has 2 rings (SSSR count). The average Bonchev–Trinajstić information content (AvgIpc) is 2.60. The highest BCUT2D eigenvalue weighted by atomic mass is 16.6. The molecule has 0 aromatic heterocycles. The lowest BCUT2D eigenvalue weighted by atomic mass is 10.2. The van der Waals surface area contributed by atoms with Crippen molar-refractivity contribution in [3.05, 3.63) is 44.9 Å². The molecule has 0 N–H and O–H groups in total. The van der Waals surface area contributed by atoms with Gasteiger partial charge in [0, 0.05) is 23.6 Å². The minimum atomic E-state index is -0.356. The maximum absolute atomic E-state index is 10.4. The van der Waals surface area contributed by atoms with Crippen LogP contribution in [-0.2, 0) is 4.74 Å². The van der Waals surface area contributed by atoms with Crippen LogP contribution in [-0.4, -0.2) is 12.0 Å². The van der Waals surface area contributed by atoms with E-state index in [2.05, 4.69) is 0 Å². The standard InChI is InChI=1S/C8H7NO3/c1-12-8-4-5-2-6(8)3-7(5)9(10)11/h3-4H,2H2,1H3. The molecule has 0 atom stereocenters. The SMILES string of the molecule is COC1=CC2=C([N+](=O)[O-])C=C1C2. The Labute approximate surface area is 69.0 Å². The van der Waals surface area contributed by atoms with Crippen molar-refractivity contribution in [1.29, 1.82) is 0 Å². The molecule has 2 aliphatic rings. The van der Waals surface area contributed by atoms with Crippen LogP contribution in [0.4, 0.5) is 0 Å². The summed E-state index contributed by atoms with van der Waals surface area (Å²) >= 11 is 0. The van der Waals surface area contributed by atoms with E-state index in [1.165, 1.54) is 0 Å². The molecule has 0 aliphatic heterocycles. The van der Waals surface area contributed by atoms with Gasteiger partial charge in [-0.25, -0.2) is 0 Å². The molecule has 12 heavy (non-hydrogen) atoms. The molecule has 0 radical (unpaired) electrons. The summed E-state index contributed by atoms with van der Waals surface area (Å²) in [4.78, 5) is 10.1. The monoisotopic (exact) mass is 165 g/mol. The van der Waals surface area contributed by atoms with Crippen molar-refractivity contribution < 1.29 is 9.66 Å². The highest BCUT2D eigenvalue weighted by Gasteiger charge is 2.31. The highest BCUT2D eigenvalue weighted by Crippen LogP contribution is 2.38. The summed E-state index contributed by atoms with van der Waals surface area (Å²) in [7, 11) is 1.57. The lowest BCUT2D eigenvalue weighted by molar-refractivity contribution is -0.419. The maximum atomic E-state index is 10.4. The molecule has 0 amide bonds. The van der Waals surface area contributed by atoms with E-state index in [9.17, 15) is 10.1 Å². The fraction of sp³-hybridized carbons (Fsp3) is 0.250. The van der Waals surface area contributed by atoms with Gasteiger partial charge in [-0.3, -0.25) is 10.1 Å². The third-order valence-corrected chi connectivity index (χ3v) is 2.06. The number of methoxy groups -OCH3 is 1. The first-order valence-corrected chi connectivity index (χ1v) is 3.56. The van der Waals surface area contributed by atoms with Crippen LogP contribution in [0.15, 0.2) is 34.8 Å². The summed E-state index contributed by atoms with van der Waals surface area (Å²) in [5.74, 6) is 0.760. The summed E-state index contributed by atoms with van der Waals surface area (Å²) in [5, 5.41) is 10.4. The zero-order valence-corrected chi connectivity index (χ0v) is 6.53. The summed E-state index contributed by atoms with van der Waals surface area (Å²) in [6.45, 7) is 0. The van der Waals surface area contributed by atoms with Crippen molar-refractivity contribution in [2.45, 2.75) is 6.42 Å². The first-order valence-electron chi connectivity index (χ1n) is 3.56. The molecule has 4 heteroatoms. The van der Waals surface area contributed by atoms with Gasteiger partial charge >= 0.3 is 0 Å². The number of ether oxygens (including phenoxy) is 1. The highest BCUT2D eigenvalue weighted by molar-refractivity contribution is 5.55. The Kier molecular flexibility index (Phi) is 1.30. The Hall–Kier alpha value is -1.58. The first kappa shape index (κ1) is 7.09. The molecule has 0 saturated carbocycles. The molecule has 0 aromatic carbocycles. The third kappa shape index (κ3) is 0.777. The Bertz CT molecular complexity index is 349. The topological polar surface area (TPSA) is 52.4 Å². The summed E-state index contributed by atoms with van der Waals surface area (Å²) in [5.41, 5.74) is 1.89. The van der Waals surface area contributed by atoms with Crippen LogP contribution in [0.1, 0.15) is 6.42 Å². The molecular formula is C8H7NO3. The van der Waals surface area contributed by atoms with E-state index in [0.717, 1.165) is 16.9 Å². The van der Waals surface area contributed by atoms with Crippen LogP contribution >= 0.6 is 0 Å². The molecule has 0 unspecified atom stereocenters. The summed E-state index contributed by atoms with van der Waals surface area (Å²) in [6, 6.07) is 0. The number of fused-ring (bicyclic) bond motifs is 2. The van der Waals surface area contributed by atoms with Gasteiger partial charge in [0.1, 0.15) is 5.76 Å². The van der Waals surface area contributed by atoms with Crippen LogP contribution in [0.3, 0.4) is 0 Å². The van der Waals surface area contributed by atoms with Crippen molar-refractivity contribution in [2.24, 2.45) is 0 Å². The zero-order chi connectivity index (χ0) is 8.72. The van der Waals surface area contributed by atoms with E-state index >= 15 is 0 Å². The van der Waals surface area contributed by atoms with Crippen LogP contribution < -0.4 is 0 Å². The quantitative estimate of drug-likeness (QED) is 0.459. The molecule has 2 bridgehead atoms. The predicted octanol–water partition coefficient (Wildman–Crippen LogP) is 1.39. The van der Waals surface area contributed by atoms with E-state index in [1.807, 2.05) is 0 Å². The molecule has 0 saturated heterocycles. The summed E-state index contributed by atoms with van der Waals surface area (Å²) in [6.07, 6.45) is 3.96. The molecule has 62 valence electrons. The van der Waals surface area contributed by atoms with Crippen molar-refractivity contribution in [1.82, 2.24) is 0 Å². The van der Waals surface area contributed by atoms with Crippen molar-refractivity contribution in [3.63, 3.8) is 0 Å². The Morgan fingerprint density at radius 3 is 2.75 bits per heavy atom. The fourth-order valence-electron chi connectivity index (χ4n) is 1.50. The van der Waals surface area contributed by atoms with Gasteiger partial charge in [0.25, 0.3) is 5.70 Å². The predicted molar refractivity (Wildman–Crippen MR) is 41.8 cm³/mol. The van der Waals surface area contributed by atoms with Gasteiger partial charge in [0.15, 0.2) is 0 Å². The Balaban J connectivity index is 2.42. The normalized spacial score (nSPS) is 19.4. The van der Waals surface area contributed by atoms with Crippen LogP contribution in [0, 0.1) is 10.1 Å². The van der Waals surface area contributed by atoms with E-state index in [1.54, 1.807) is 19.3 Å². The number of hydrogen-bond acceptors (Lipinski definition) is 3. The molecule has 2 aliphatic carbocycles. The number of allylic oxidation sites excluding steroid dienone is 4. The van der Waals surface area contributed by atoms with Gasteiger partial charge < -0.3 is 4.74 Å². The van der Waals surface area contributed by atoms with E-state index in [4.69, 9.17) is 4.74 Å². The van der Waals surface area contributed by atoms with Crippen LogP contribution in [0.25, 0.3) is 0 Å². The average molecular weight is 165 g/mol. The third-order valence-electron chi connectivity index (χ3n) is 2.06. The largest absolute Gasteiger partial charge is 0.496 e. The van der Waals surface area contributed by atoms with Crippen LogP contribution in [0.5, 0.6) is 0 Å². The fourth-order valence-corrected chi connectivity index (χ4v) is 1.50. The second-order valence-corrected chi connectivity index (χ2v) is 2.73. The zero-order valence-electron chi connectivity index (χ0n) is 6.53. The van der Waals surface area contributed by atoms with Gasteiger partial charge in [-0.2, -0.15) is 0 Å². The minimum Gasteiger partial charge on any atom is -0.496 e. The van der Waals surface area contributed by atoms with Crippen molar-refractivity contribution >= 4 is 0 Å². The van der Waals surface area contributed by atoms with E-state index in [0.29, 0.717) is 6.42 Å². The van der Waals surface area contributed by atoms with E-state index in [-0.39, 0.29) is 10.6 Å². The lowest BCUT2D eigenvalue weighted by Gasteiger charge is -2.01. The number of rotatable bonds is 2. The number of nitro groups is 1. The summed E-state index contributed by atoms with van der Waals surface area (Å²) < 4.78 is 5.01. The second-order valence-electron chi connectivity index (χ2n) is 2.73. The molecular weight excluding hydrogens is 158 g/mol. The first-order chi connectivity index (χ1) is 5.72. The van der Waals surface area contributed by atoms with Crippen molar-refractivity contribution in [3.8, 4) is 0 Å². The lowest BCUT2D eigenvalue weighted by Crippen LogP contribution is -1.98. The van der Waals surface area contributed by atoms with Crippen LogP contribution in [0.2, 0.25) is 0 Å². The minimum absolute atomic E-state index is 0.214. The van der Waals surface area contributed by atoms with Gasteiger partial charge in [-0.15, -0.1) is 0 Å². The van der Waals surface area contributed by atoms with Gasteiger partial charge in [0.2, 0.25) is 0 Å². The molecule has 0 spiro atoms. The van der Waals surface area contributed by atoms with E-state index < -0.39 is 0 Å². The van der Waals surface area contributed by atoms with Gasteiger partial charge in [-0.1, -0.05) is 0 Å². The maximum Gasteiger partial charge on any atom is 0.273 e.